The van der Waals surface area contributed by atoms with E-state index in [2.05, 4.69) is 15.3 Å². The van der Waals surface area contributed by atoms with Gasteiger partial charge in [0.2, 0.25) is 0 Å². The SMILES string of the molecule is Cc1nc(N[C@@H]2CC[C@@H](N)C2)cnc1Sc1cccc(Cl)c1Cl. The molecule has 0 bridgehead atoms. The zero-order valence-corrected chi connectivity index (χ0v) is 15.0. The van der Waals surface area contributed by atoms with Crippen molar-refractivity contribution in [1.82, 2.24) is 9.97 Å². The first-order valence-corrected chi connectivity index (χ1v) is 9.08. The van der Waals surface area contributed by atoms with Crippen LogP contribution in [0.25, 0.3) is 0 Å². The largest absolute Gasteiger partial charge is 0.366 e. The molecule has 3 rings (SSSR count). The van der Waals surface area contributed by atoms with Gasteiger partial charge in [0, 0.05) is 17.0 Å². The lowest BCUT2D eigenvalue weighted by atomic mass is 10.2. The lowest BCUT2D eigenvalue weighted by Gasteiger charge is -2.14. The summed E-state index contributed by atoms with van der Waals surface area (Å²) in [6, 6.07) is 6.25. The maximum absolute atomic E-state index is 6.23. The Morgan fingerprint density at radius 3 is 2.83 bits per heavy atom. The summed E-state index contributed by atoms with van der Waals surface area (Å²) in [5.41, 5.74) is 6.80. The minimum Gasteiger partial charge on any atom is -0.366 e. The smallest absolute Gasteiger partial charge is 0.145 e. The number of rotatable bonds is 4. The van der Waals surface area contributed by atoms with Crippen LogP contribution >= 0.6 is 35.0 Å². The summed E-state index contributed by atoms with van der Waals surface area (Å²) in [6.07, 6.45) is 4.88. The van der Waals surface area contributed by atoms with Gasteiger partial charge >= 0.3 is 0 Å². The van der Waals surface area contributed by atoms with E-state index in [-0.39, 0.29) is 0 Å². The van der Waals surface area contributed by atoms with Gasteiger partial charge in [-0.2, -0.15) is 0 Å². The van der Waals surface area contributed by atoms with Gasteiger partial charge in [0.1, 0.15) is 10.8 Å². The number of nitrogens with two attached hydrogens (primary N) is 1. The Morgan fingerprint density at radius 1 is 1.30 bits per heavy atom. The van der Waals surface area contributed by atoms with E-state index in [0.717, 1.165) is 40.7 Å². The fourth-order valence-electron chi connectivity index (χ4n) is 2.66. The molecule has 0 aliphatic heterocycles. The molecule has 0 radical (unpaired) electrons. The van der Waals surface area contributed by atoms with E-state index in [1.165, 1.54) is 11.8 Å². The van der Waals surface area contributed by atoms with Gasteiger partial charge in [-0.15, -0.1) is 0 Å². The highest BCUT2D eigenvalue weighted by Crippen LogP contribution is 2.37. The van der Waals surface area contributed by atoms with Crippen LogP contribution in [0.5, 0.6) is 0 Å². The molecule has 1 aliphatic carbocycles. The van der Waals surface area contributed by atoms with Gasteiger partial charge in [0.05, 0.1) is 21.9 Å². The fourth-order valence-corrected chi connectivity index (χ4v) is 3.99. The quantitative estimate of drug-likeness (QED) is 0.829. The minimum atomic E-state index is 0.293. The van der Waals surface area contributed by atoms with E-state index in [1.54, 1.807) is 12.3 Å². The Bertz CT molecular complexity index is 710. The number of hydrogen-bond acceptors (Lipinski definition) is 5. The topological polar surface area (TPSA) is 63.8 Å². The minimum absolute atomic E-state index is 0.293. The first-order chi connectivity index (χ1) is 11.0. The predicted molar refractivity (Wildman–Crippen MR) is 96.6 cm³/mol. The third-order valence-corrected chi connectivity index (χ3v) is 5.93. The molecule has 0 saturated heterocycles. The number of halogens is 2. The Morgan fingerprint density at radius 2 is 2.13 bits per heavy atom. The van der Waals surface area contributed by atoms with Crippen LogP contribution in [-0.4, -0.2) is 22.1 Å². The number of nitrogens with zero attached hydrogens (tertiary/aromatic N) is 2. The summed E-state index contributed by atoms with van der Waals surface area (Å²) in [4.78, 5) is 9.98. The van der Waals surface area contributed by atoms with Crippen LogP contribution in [0.4, 0.5) is 5.82 Å². The Labute approximate surface area is 150 Å². The molecule has 1 aromatic carbocycles. The lowest BCUT2D eigenvalue weighted by molar-refractivity contribution is 0.686. The highest BCUT2D eigenvalue weighted by Gasteiger charge is 2.22. The molecule has 0 unspecified atom stereocenters. The highest BCUT2D eigenvalue weighted by molar-refractivity contribution is 7.99. The summed E-state index contributed by atoms with van der Waals surface area (Å²) >= 11 is 13.7. The molecular weight excluding hydrogens is 351 g/mol. The van der Waals surface area contributed by atoms with Crippen LogP contribution in [0, 0.1) is 6.92 Å². The van der Waals surface area contributed by atoms with Gasteiger partial charge in [0.15, 0.2) is 0 Å². The van der Waals surface area contributed by atoms with Gasteiger partial charge in [-0.05, 0) is 38.3 Å². The first kappa shape index (κ1) is 16.8. The molecule has 3 N–H and O–H groups in total. The summed E-state index contributed by atoms with van der Waals surface area (Å²) in [7, 11) is 0. The third kappa shape index (κ3) is 4.10. The van der Waals surface area contributed by atoms with Crippen molar-refractivity contribution in [2.45, 2.75) is 48.2 Å². The second-order valence-corrected chi connectivity index (χ2v) is 7.53. The van der Waals surface area contributed by atoms with Crippen molar-refractivity contribution in [3.05, 3.63) is 40.1 Å². The van der Waals surface area contributed by atoms with Gasteiger partial charge in [-0.3, -0.25) is 0 Å². The average Bonchev–Trinajstić information content (AvgIpc) is 2.91. The molecule has 2 atom stereocenters. The second-order valence-electron chi connectivity index (χ2n) is 5.71. The van der Waals surface area contributed by atoms with Crippen molar-refractivity contribution in [1.29, 1.82) is 0 Å². The molecule has 1 saturated carbocycles. The molecule has 0 amide bonds. The molecule has 1 aromatic heterocycles. The lowest BCUT2D eigenvalue weighted by Crippen LogP contribution is -2.21. The van der Waals surface area contributed by atoms with E-state index < -0.39 is 0 Å². The van der Waals surface area contributed by atoms with E-state index in [1.807, 2.05) is 19.1 Å². The maximum Gasteiger partial charge on any atom is 0.145 e. The first-order valence-electron chi connectivity index (χ1n) is 7.50. The number of aryl methyl sites for hydroxylation is 1. The molecular formula is C16H18Cl2N4S. The molecule has 23 heavy (non-hydrogen) atoms. The zero-order chi connectivity index (χ0) is 16.4. The molecule has 2 aromatic rings. The van der Waals surface area contributed by atoms with Crippen LogP contribution in [-0.2, 0) is 0 Å². The summed E-state index contributed by atoms with van der Waals surface area (Å²) < 4.78 is 0. The Hall–Kier alpha value is -1.01. The molecule has 4 nitrogen and oxygen atoms in total. The average molecular weight is 369 g/mol. The molecule has 0 spiro atoms. The van der Waals surface area contributed by atoms with E-state index >= 15 is 0 Å². The normalized spacial score (nSPS) is 20.7. The standard InChI is InChI=1S/C16H18Cl2N4S/c1-9-16(23-13-4-2-3-12(17)15(13)18)20-8-14(21-9)22-11-6-5-10(19)7-11/h2-4,8,10-11H,5-7,19H2,1H3,(H,21,22)/t10-,11-/m1/s1. The van der Waals surface area contributed by atoms with E-state index in [9.17, 15) is 0 Å². The van der Waals surface area contributed by atoms with Crippen molar-refractivity contribution in [3.8, 4) is 0 Å². The molecule has 1 fully saturated rings. The van der Waals surface area contributed by atoms with Gasteiger partial charge in [-0.25, -0.2) is 9.97 Å². The maximum atomic E-state index is 6.23. The van der Waals surface area contributed by atoms with Crippen molar-refractivity contribution < 1.29 is 0 Å². The number of benzene rings is 1. The number of aromatic nitrogens is 2. The van der Waals surface area contributed by atoms with Crippen molar-refractivity contribution >= 4 is 40.8 Å². The predicted octanol–water partition coefficient (Wildman–Crippen LogP) is 4.53. The number of anilines is 1. The molecule has 1 heterocycles. The summed E-state index contributed by atoms with van der Waals surface area (Å²) in [5.74, 6) is 0.795. The van der Waals surface area contributed by atoms with Crippen LogP contribution < -0.4 is 11.1 Å². The number of nitrogens with one attached hydrogen (secondary N) is 1. The number of hydrogen-bond donors (Lipinski definition) is 2. The molecule has 122 valence electrons. The van der Waals surface area contributed by atoms with E-state index in [0.29, 0.717) is 22.1 Å². The van der Waals surface area contributed by atoms with Crippen molar-refractivity contribution in [3.63, 3.8) is 0 Å². The van der Waals surface area contributed by atoms with Crippen LogP contribution in [0.1, 0.15) is 25.0 Å². The Balaban J connectivity index is 1.73. The highest BCUT2D eigenvalue weighted by atomic mass is 35.5. The van der Waals surface area contributed by atoms with Gasteiger partial charge < -0.3 is 11.1 Å². The molecule has 1 aliphatic rings. The van der Waals surface area contributed by atoms with E-state index in [4.69, 9.17) is 28.9 Å². The van der Waals surface area contributed by atoms with Crippen molar-refractivity contribution in [2.24, 2.45) is 5.73 Å². The summed E-state index contributed by atoms with van der Waals surface area (Å²) in [5, 5.41) is 5.32. The fraction of sp³-hybridized carbons (Fsp3) is 0.375. The summed E-state index contributed by atoms with van der Waals surface area (Å²) in [6.45, 7) is 1.94. The second kappa shape index (κ2) is 7.26. The Kier molecular flexibility index (Phi) is 5.31. The zero-order valence-electron chi connectivity index (χ0n) is 12.7. The van der Waals surface area contributed by atoms with Gasteiger partial charge in [-0.1, -0.05) is 41.0 Å². The van der Waals surface area contributed by atoms with Gasteiger partial charge in [0.25, 0.3) is 0 Å². The monoisotopic (exact) mass is 368 g/mol. The third-order valence-electron chi connectivity index (χ3n) is 3.85. The van der Waals surface area contributed by atoms with Crippen LogP contribution in [0.2, 0.25) is 10.0 Å². The van der Waals surface area contributed by atoms with Crippen LogP contribution in [0.3, 0.4) is 0 Å². The molecule has 7 heteroatoms. The van der Waals surface area contributed by atoms with Crippen LogP contribution in [0.15, 0.2) is 34.3 Å². The van der Waals surface area contributed by atoms with Crippen molar-refractivity contribution in [2.75, 3.05) is 5.32 Å².